The number of hydrogen-bond acceptors (Lipinski definition) is 7. The number of fused-ring (bicyclic) bond motifs is 1. The van der Waals surface area contributed by atoms with E-state index in [4.69, 9.17) is 35.8 Å². The molecule has 2 unspecified atom stereocenters. The molecule has 174 valence electrons. The second-order valence-electron chi connectivity index (χ2n) is 8.74. The third kappa shape index (κ3) is 4.59. The zero-order valence-corrected chi connectivity index (χ0v) is 20.4. The molecule has 1 N–H and O–H groups in total. The predicted octanol–water partition coefficient (Wildman–Crippen LogP) is 3.26. The number of nitrogens with one attached hydrogen (secondary N) is 1. The van der Waals surface area contributed by atoms with E-state index in [-0.39, 0.29) is 23.2 Å². The number of aromatic nitrogens is 1. The van der Waals surface area contributed by atoms with Crippen molar-refractivity contribution >= 4 is 53.3 Å². The molecule has 4 heterocycles. The Morgan fingerprint density at radius 1 is 1.12 bits per heavy atom. The number of rotatable bonds is 4. The Hall–Kier alpha value is -1.84. The molecule has 3 aliphatic rings. The molecule has 10 heteroatoms. The Balaban J connectivity index is 1.21. The van der Waals surface area contributed by atoms with Crippen LogP contribution >= 0.6 is 35.8 Å². The van der Waals surface area contributed by atoms with Crippen LogP contribution in [-0.2, 0) is 22.7 Å². The van der Waals surface area contributed by atoms with Gasteiger partial charge in [-0.15, -0.1) is 0 Å². The van der Waals surface area contributed by atoms with Crippen LogP contribution in [0.15, 0.2) is 30.5 Å². The molecule has 0 spiro atoms. The van der Waals surface area contributed by atoms with E-state index in [1.54, 1.807) is 6.20 Å². The van der Waals surface area contributed by atoms with Gasteiger partial charge in [0.2, 0.25) is 11.8 Å². The third-order valence-electron chi connectivity index (χ3n) is 6.71. The van der Waals surface area contributed by atoms with Crippen LogP contribution in [0.5, 0.6) is 0 Å². The van der Waals surface area contributed by atoms with Gasteiger partial charge in [0.05, 0.1) is 17.1 Å². The molecule has 1 aromatic carbocycles. The van der Waals surface area contributed by atoms with Crippen molar-refractivity contribution in [1.29, 1.82) is 0 Å². The summed E-state index contributed by atoms with van der Waals surface area (Å²) in [5.74, 6) is -0.410. The Labute approximate surface area is 208 Å². The molecule has 2 aromatic rings. The van der Waals surface area contributed by atoms with Crippen molar-refractivity contribution in [3.05, 3.63) is 57.3 Å². The minimum Gasteiger partial charge on any atom is -0.368 e. The number of benzene rings is 1. The van der Waals surface area contributed by atoms with Crippen LogP contribution in [0.3, 0.4) is 0 Å². The molecule has 33 heavy (non-hydrogen) atoms. The van der Waals surface area contributed by atoms with Gasteiger partial charge in [0, 0.05) is 51.9 Å². The van der Waals surface area contributed by atoms with Gasteiger partial charge in [-0.25, -0.2) is 4.98 Å². The van der Waals surface area contributed by atoms with Gasteiger partial charge in [-0.1, -0.05) is 41.4 Å². The quantitative estimate of drug-likeness (QED) is 0.377. The predicted molar refractivity (Wildman–Crippen MR) is 132 cm³/mol. The van der Waals surface area contributed by atoms with Crippen molar-refractivity contribution in [3.8, 4) is 0 Å². The maximum absolute atomic E-state index is 12.3. The minimum absolute atomic E-state index is 0.140. The number of anilines is 1. The number of pyridine rings is 1. The molecular formula is C23H25Cl2N5O2S. The second kappa shape index (κ2) is 9.43. The SMILES string of the molecule is O=C1CCC(N2Cc3cc(CN4CCN(c5ccnc(Cl)c5Cl)CC4)ccc3C2S)C(=O)N1. The maximum Gasteiger partial charge on any atom is 0.243 e. The maximum atomic E-state index is 12.3. The van der Waals surface area contributed by atoms with Gasteiger partial charge in [-0.2, -0.15) is 12.6 Å². The van der Waals surface area contributed by atoms with Crippen molar-refractivity contribution < 1.29 is 9.59 Å². The molecule has 3 aliphatic heterocycles. The highest BCUT2D eigenvalue weighted by molar-refractivity contribution is 7.80. The fraction of sp³-hybridized carbons (Fsp3) is 0.435. The van der Waals surface area contributed by atoms with Gasteiger partial charge in [-0.3, -0.25) is 24.7 Å². The van der Waals surface area contributed by atoms with Crippen LogP contribution in [0.1, 0.15) is 34.9 Å². The van der Waals surface area contributed by atoms with E-state index in [0.717, 1.165) is 44.0 Å². The standard InChI is InChI=1S/C23H25Cl2N5O2S/c24-20-17(5-6-26-21(20)25)29-9-7-28(8-10-29)12-14-1-2-16-15(11-14)13-30(23(16)33)18-3-4-19(31)27-22(18)32/h1-2,5-6,11,18,23,33H,3-4,7-10,12-13H2,(H,27,31,32). The zero-order chi connectivity index (χ0) is 23.1. The molecule has 2 amide bonds. The normalized spacial score (nSPS) is 24.2. The van der Waals surface area contributed by atoms with Crippen molar-refractivity contribution in [3.63, 3.8) is 0 Å². The second-order valence-corrected chi connectivity index (χ2v) is 9.97. The fourth-order valence-electron chi connectivity index (χ4n) is 4.95. The number of piperidine rings is 1. The van der Waals surface area contributed by atoms with Crippen LogP contribution in [0.4, 0.5) is 5.69 Å². The van der Waals surface area contributed by atoms with Gasteiger partial charge in [0.1, 0.15) is 10.2 Å². The highest BCUT2D eigenvalue weighted by Crippen LogP contribution is 2.39. The summed E-state index contributed by atoms with van der Waals surface area (Å²) in [6, 6.07) is 8.11. The van der Waals surface area contributed by atoms with Crippen LogP contribution < -0.4 is 10.2 Å². The average molecular weight is 506 g/mol. The lowest BCUT2D eigenvalue weighted by Crippen LogP contribution is -2.51. The summed E-state index contributed by atoms with van der Waals surface area (Å²) in [6.45, 7) is 5.11. The largest absolute Gasteiger partial charge is 0.368 e. The lowest BCUT2D eigenvalue weighted by Gasteiger charge is -2.36. The first-order valence-electron chi connectivity index (χ1n) is 11.1. The summed E-state index contributed by atoms with van der Waals surface area (Å²) in [5.41, 5.74) is 4.52. The van der Waals surface area contributed by atoms with E-state index in [0.29, 0.717) is 29.6 Å². The molecule has 0 saturated carbocycles. The first kappa shape index (κ1) is 22.9. The molecule has 0 bridgehead atoms. The monoisotopic (exact) mass is 505 g/mol. The van der Waals surface area contributed by atoms with Gasteiger partial charge >= 0.3 is 0 Å². The fourth-order valence-corrected chi connectivity index (χ4v) is 5.82. The van der Waals surface area contributed by atoms with Crippen molar-refractivity contribution in [2.45, 2.75) is 37.3 Å². The number of halogens is 2. The van der Waals surface area contributed by atoms with E-state index in [2.05, 4.69) is 43.2 Å². The minimum atomic E-state index is -0.317. The number of hydrogen-bond donors (Lipinski definition) is 2. The van der Waals surface area contributed by atoms with Crippen LogP contribution in [-0.4, -0.2) is 58.8 Å². The average Bonchev–Trinajstić information content (AvgIpc) is 3.12. The summed E-state index contributed by atoms with van der Waals surface area (Å²) in [5, 5.41) is 3.16. The number of amides is 2. The number of thiol groups is 1. The zero-order valence-electron chi connectivity index (χ0n) is 18.0. The van der Waals surface area contributed by atoms with E-state index < -0.39 is 0 Å². The lowest BCUT2D eigenvalue weighted by atomic mass is 10.0. The van der Waals surface area contributed by atoms with Gasteiger partial charge in [-0.05, 0) is 29.2 Å². The van der Waals surface area contributed by atoms with Crippen LogP contribution in [0.2, 0.25) is 10.2 Å². The highest BCUT2D eigenvalue weighted by Gasteiger charge is 2.39. The molecule has 1 aromatic heterocycles. The Morgan fingerprint density at radius 3 is 2.67 bits per heavy atom. The Bertz CT molecular complexity index is 1090. The van der Waals surface area contributed by atoms with Crippen LogP contribution in [0.25, 0.3) is 0 Å². The Kier molecular flexibility index (Phi) is 6.55. The number of carbonyl (C=O) groups is 2. The molecule has 2 saturated heterocycles. The number of nitrogens with zero attached hydrogens (tertiary/aromatic N) is 4. The number of piperazine rings is 1. The molecule has 7 nitrogen and oxygen atoms in total. The lowest BCUT2D eigenvalue weighted by molar-refractivity contribution is -0.137. The van der Waals surface area contributed by atoms with Crippen molar-refractivity contribution in [2.75, 3.05) is 31.1 Å². The molecule has 0 aliphatic carbocycles. The van der Waals surface area contributed by atoms with Gasteiger partial charge in [0.25, 0.3) is 0 Å². The first-order chi connectivity index (χ1) is 15.9. The van der Waals surface area contributed by atoms with E-state index in [9.17, 15) is 9.59 Å². The number of carbonyl (C=O) groups excluding carboxylic acids is 2. The smallest absolute Gasteiger partial charge is 0.243 e. The summed E-state index contributed by atoms with van der Waals surface area (Å²) in [4.78, 5) is 34.7. The van der Waals surface area contributed by atoms with Crippen molar-refractivity contribution in [2.24, 2.45) is 0 Å². The van der Waals surface area contributed by atoms with Crippen molar-refractivity contribution in [1.82, 2.24) is 20.1 Å². The van der Waals surface area contributed by atoms with Gasteiger partial charge in [0.15, 0.2) is 0 Å². The summed E-state index contributed by atoms with van der Waals surface area (Å²) in [6.07, 6.45) is 2.60. The molecule has 2 atom stereocenters. The first-order valence-corrected chi connectivity index (χ1v) is 12.3. The summed E-state index contributed by atoms with van der Waals surface area (Å²) in [7, 11) is 0. The molecule has 0 radical (unpaired) electrons. The number of imide groups is 1. The third-order valence-corrected chi connectivity index (χ3v) is 8.04. The van der Waals surface area contributed by atoms with Crippen LogP contribution in [0, 0.1) is 0 Å². The van der Waals surface area contributed by atoms with E-state index in [1.807, 2.05) is 6.07 Å². The summed E-state index contributed by atoms with van der Waals surface area (Å²) >= 11 is 17.2. The molecule has 5 rings (SSSR count). The topological polar surface area (TPSA) is 68.8 Å². The Morgan fingerprint density at radius 2 is 1.91 bits per heavy atom. The molecule has 2 fully saturated rings. The van der Waals surface area contributed by atoms with E-state index in [1.165, 1.54) is 11.1 Å². The summed E-state index contributed by atoms with van der Waals surface area (Å²) < 4.78 is 0. The molecular weight excluding hydrogens is 481 g/mol. The van der Waals surface area contributed by atoms with Gasteiger partial charge < -0.3 is 4.90 Å². The van der Waals surface area contributed by atoms with E-state index >= 15 is 0 Å². The highest BCUT2D eigenvalue weighted by atomic mass is 35.5.